The van der Waals surface area contributed by atoms with E-state index in [1.807, 2.05) is 26.0 Å². The van der Waals surface area contributed by atoms with Gasteiger partial charge in [0, 0.05) is 12.6 Å². The minimum Gasteiger partial charge on any atom is -0.493 e. The fourth-order valence-electron chi connectivity index (χ4n) is 3.35. The molecule has 0 saturated heterocycles. The molecule has 1 aromatic carbocycles. The van der Waals surface area contributed by atoms with Crippen LogP contribution in [0.4, 0.5) is 0 Å². The van der Waals surface area contributed by atoms with Crippen LogP contribution in [-0.2, 0) is 16.6 Å². The summed E-state index contributed by atoms with van der Waals surface area (Å²) in [6, 6.07) is 3.55. The van der Waals surface area contributed by atoms with Crippen molar-refractivity contribution in [3.63, 3.8) is 0 Å². The molecule has 6 nitrogen and oxygen atoms in total. The molecule has 0 amide bonds. The third-order valence-electron chi connectivity index (χ3n) is 4.34. The number of benzene rings is 1. The maximum atomic E-state index is 12.8. The van der Waals surface area contributed by atoms with Crippen molar-refractivity contribution in [2.75, 3.05) is 20.8 Å². The lowest BCUT2D eigenvalue weighted by Crippen LogP contribution is -2.48. The molecule has 2 rings (SSSR count). The van der Waals surface area contributed by atoms with E-state index >= 15 is 0 Å². The van der Waals surface area contributed by atoms with Crippen LogP contribution in [0.1, 0.15) is 51.3 Å². The van der Waals surface area contributed by atoms with E-state index in [2.05, 4.69) is 18.6 Å². The number of nitrogens with zero attached hydrogens (tertiary/aromatic N) is 1. The lowest BCUT2D eigenvalue weighted by Gasteiger charge is -2.38. The molecule has 1 aliphatic heterocycles. The van der Waals surface area contributed by atoms with Crippen LogP contribution >= 0.6 is 0 Å². The molecule has 1 unspecified atom stereocenters. The second-order valence-electron chi connectivity index (χ2n) is 7.19. The summed E-state index contributed by atoms with van der Waals surface area (Å²) in [5.41, 5.74) is 2.13. The number of hydrogen-bond acceptors (Lipinski definition) is 4. The number of hydrogen-bond donors (Lipinski definition) is 1. The third-order valence-corrected chi connectivity index (χ3v) is 6.17. The van der Waals surface area contributed by atoms with Crippen molar-refractivity contribution in [2.45, 2.75) is 52.6 Å². The van der Waals surface area contributed by atoms with Gasteiger partial charge in [-0.2, -0.15) is 17.4 Å². The number of fused-ring (bicyclic) bond motifs is 1. The van der Waals surface area contributed by atoms with Gasteiger partial charge in [0.05, 0.1) is 20.3 Å². The van der Waals surface area contributed by atoms with Gasteiger partial charge >= 0.3 is 0 Å². The van der Waals surface area contributed by atoms with Crippen molar-refractivity contribution in [3.8, 4) is 11.5 Å². The summed E-state index contributed by atoms with van der Waals surface area (Å²) in [5.74, 6) is 1.67. The Bertz CT molecular complexity index is 701. The molecular formula is C18H30N2O4S. The molecular weight excluding hydrogens is 340 g/mol. The van der Waals surface area contributed by atoms with E-state index in [1.165, 1.54) is 0 Å². The SMILES string of the molecule is COc1cc2c(cc1OC)C(CC(C)C)N(S(=O)(=O)NC(C)C)CC2. The molecule has 1 N–H and O–H groups in total. The summed E-state index contributed by atoms with van der Waals surface area (Å²) >= 11 is 0. The quantitative estimate of drug-likeness (QED) is 0.801. The predicted molar refractivity (Wildman–Crippen MR) is 99.3 cm³/mol. The highest BCUT2D eigenvalue weighted by atomic mass is 32.2. The van der Waals surface area contributed by atoms with Gasteiger partial charge < -0.3 is 9.47 Å². The Balaban J connectivity index is 2.51. The first-order valence-corrected chi connectivity index (χ1v) is 10.2. The predicted octanol–water partition coefficient (Wildman–Crippen LogP) is 2.89. The van der Waals surface area contributed by atoms with Crippen LogP contribution in [0, 0.1) is 5.92 Å². The Labute approximate surface area is 151 Å². The molecule has 1 aliphatic rings. The van der Waals surface area contributed by atoms with E-state index in [0.717, 1.165) is 17.5 Å². The molecule has 1 aromatic rings. The summed E-state index contributed by atoms with van der Waals surface area (Å²) in [6.07, 6.45) is 1.41. The molecule has 1 atom stereocenters. The Kier molecular flexibility index (Phi) is 6.35. The summed E-state index contributed by atoms with van der Waals surface area (Å²) < 4.78 is 40.8. The molecule has 142 valence electrons. The van der Waals surface area contributed by atoms with Crippen molar-refractivity contribution in [1.82, 2.24) is 9.03 Å². The first-order chi connectivity index (χ1) is 11.7. The molecule has 0 fully saturated rings. The van der Waals surface area contributed by atoms with Gasteiger partial charge in [0.1, 0.15) is 0 Å². The summed E-state index contributed by atoms with van der Waals surface area (Å²) in [7, 11) is -0.334. The monoisotopic (exact) mass is 370 g/mol. The summed E-state index contributed by atoms with van der Waals surface area (Å²) in [4.78, 5) is 0. The molecule has 0 radical (unpaired) electrons. The van der Waals surface area contributed by atoms with Crippen LogP contribution in [0.2, 0.25) is 0 Å². The third kappa shape index (κ3) is 4.46. The van der Waals surface area contributed by atoms with Crippen LogP contribution in [0.15, 0.2) is 12.1 Å². The van der Waals surface area contributed by atoms with E-state index in [9.17, 15) is 8.42 Å². The van der Waals surface area contributed by atoms with Gasteiger partial charge in [-0.25, -0.2) is 0 Å². The van der Waals surface area contributed by atoms with Crippen LogP contribution < -0.4 is 14.2 Å². The smallest absolute Gasteiger partial charge is 0.280 e. The molecule has 0 aliphatic carbocycles. The van der Waals surface area contributed by atoms with Gasteiger partial charge in [0.25, 0.3) is 10.2 Å². The van der Waals surface area contributed by atoms with E-state index in [4.69, 9.17) is 9.47 Å². The number of ether oxygens (including phenoxy) is 2. The molecule has 0 spiro atoms. The maximum Gasteiger partial charge on any atom is 0.280 e. The zero-order valence-corrected chi connectivity index (χ0v) is 16.8. The molecule has 25 heavy (non-hydrogen) atoms. The minimum atomic E-state index is -3.54. The lowest BCUT2D eigenvalue weighted by molar-refractivity contribution is 0.263. The normalized spacial score (nSPS) is 18.5. The molecule has 0 bridgehead atoms. The minimum absolute atomic E-state index is 0.142. The molecule has 7 heteroatoms. The topological polar surface area (TPSA) is 67.9 Å². The second kappa shape index (κ2) is 7.93. The van der Waals surface area contributed by atoms with E-state index in [-0.39, 0.29) is 12.1 Å². The Hall–Kier alpha value is -1.31. The fraction of sp³-hybridized carbons (Fsp3) is 0.667. The van der Waals surface area contributed by atoms with E-state index < -0.39 is 10.2 Å². The number of nitrogens with one attached hydrogen (secondary N) is 1. The van der Waals surface area contributed by atoms with Crippen molar-refractivity contribution in [2.24, 2.45) is 5.92 Å². The highest BCUT2D eigenvalue weighted by Gasteiger charge is 2.36. The lowest BCUT2D eigenvalue weighted by atomic mass is 9.89. The standard InChI is InChI=1S/C18H30N2O4S/c1-12(2)9-16-15-11-18(24-6)17(23-5)10-14(15)7-8-20(16)25(21,22)19-13(3)4/h10-13,16,19H,7-9H2,1-6H3. The number of methoxy groups -OCH3 is 2. The van der Waals surface area contributed by atoms with Crippen LogP contribution in [0.5, 0.6) is 11.5 Å². The summed E-state index contributed by atoms with van der Waals surface area (Å²) in [6.45, 7) is 8.34. The van der Waals surface area contributed by atoms with Gasteiger partial charge in [-0.3, -0.25) is 0 Å². The zero-order chi connectivity index (χ0) is 18.8. The highest BCUT2D eigenvalue weighted by molar-refractivity contribution is 7.87. The van der Waals surface area contributed by atoms with Gasteiger partial charge in [-0.05, 0) is 55.9 Å². The van der Waals surface area contributed by atoms with E-state index in [0.29, 0.717) is 30.4 Å². The fourth-order valence-corrected chi connectivity index (χ4v) is 4.95. The van der Waals surface area contributed by atoms with Crippen LogP contribution in [0.3, 0.4) is 0 Å². The second-order valence-corrected chi connectivity index (χ2v) is 8.84. The molecule has 1 heterocycles. The highest BCUT2D eigenvalue weighted by Crippen LogP contribution is 2.41. The van der Waals surface area contributed by atoms with Gasteiger partial charge in [-0.1, -0.05) is 13.8 Å². The largest absolute Gasteiger partial charge is 0.493 e. The average Bonchev–Trinajstić information content (AvgIpc) is 2.51. The molecule has 0 aromatic heterocycles. The average molecular weight is 371 g/mol. The van der Waals surface area contributed by atoms with Crippen LogP contribution in [-0.4, -0.2) is 39.5 Å². The Morgan fingerprint density at radius 1 is 1.16 bits per heavy atom. The summed E-state index contributed by atoms with van der Waals surface area (Å²) in [5, 5.41) is 0. The van der Waals surface area contributed by atoms with Crippen molar-refractivity contribution in [3.05, 3.63) is 23.3 Å². The van der Waals surface area contributed by atoms with Gasteiger partial charge in [0.15, 0.2) is 11.5 Å². The van der Waals surface area contributed by atoms with Gasteiger partial charge in [0.2, 0.25) is 0 Å². The maximum absolute atomic E-state index is 12.8. The first kappa shape index (κ1) is 20.0. The Morgan fingerprint density at radius 2 is 1.76 bits per heavy atom. The first-order valence-electron chi connectivity index (χ1n) is 8.73. The number of rotatable bonds is 7. The van der Waals surface area contributed by atoms with E-state index in [1.54, 1.807) is 18.5 Å². The van der Waals surface area contributed by atoms with Gasteiger partial charge in [-0.15, -0.1) is 0 Å². The van der Waals surface area contributed by atoms with Crippen molar-refractivity contribution in [1.29, 1.82) is 0 Å². The zero-order valence-electron chi connectivity index (χ0n) is 16.0. The molecule has 0 saturated carbocycles. The van der Waals surface area contributed by atoms with Crippen molar-refractivity contribution < 1.29 is 17.9 Å². The Morgan fingerprint density at radius 3 is 2.28 bits per heavy atom. The van der Waals surface area contributed by atoms with Crippen LogP contribution in [0.25, 0.3) is 0 Å². The van der Waals surface area contributed by atoms with Crippen molar-refractivity contribution >= 4 is 10.2 Å².